The first-order valence-electron chi connectivity index (χ1n) is 9.73. The Labute approximate surface area is 155 Å². The quantitative estimate of drug-likeness (QED) is 0.739. The molecular weight excluding hydrogens is 320 g/mol. The summed E-state index contributed by atoms with van der Waals surface area (Å²) in [5.41, 5.74) is 4.16. The van der Waals surface area contributed by atoms with E-state index in [0.717, 1.165) is 24.0 Å². The normalized spacial score (nSPS) is 25.2. The molecule has 3 aromatic rings. The minimum atomic E-state index is 0.716. The van der Waals surface area contributed by atoms with Crippen LogP contribution in [0.1, 0.15) is 23.5 Å². The Balaban J connectivity index is 1.22. The second-order valence-electron chi connectivity index (χ2n) is 7.91. The van der Waals surface area contributed by atoms with E-state index in [1.807, 2.05) is 6.07 Å². The second-order valence-corrected chi connectivity index (χ2v) is 7.91. The third kappa shape index (κ3) is 2.71. The molecule has 3 atom stereocenters. The van der Waals surface area contributed by atoms with Gasteiger partial charge in [-0.25, -0.2) is 0 Å². The number of aromatic nitrogens is 1. The highest BCUT2D eigenvalue weighted by Crippen LogP contribution is 2.51. The van der Waals surface area contributed by atoms with E-state index in [1.54, 1.807) is 7.11 Å². The van der Waals surface area contributed by atoms with Crippen molar-refractivity contribution in [1.82, 2.24) is 9.88 Å². The first kappa shape index (κ1) is 16.0. The van der Waals surface area contributed by atoms with E-state index in [0.29, 0.717) is 5.92 Å². The molecule has 134 valence electrons. The molecule has 1 saturated heterocycles. The molecule has 1 N–H and O–H groups in total. The minimum Gasteiger partial charge on any atom is -0.497 e. The Bertz CT molecular complexity index is 915. The Morgan fingerprint density at radius 2 is 2.04 bits per heavy atom. The van der Waals surface area contributed by atoms with Crippen molar-refractivity contribution in [2.24, 2.45) is 11.8 Å². The summed E-state index contributed by atoms with van der Waals surface area (Å²) in [6.07, 6.45) is 4.66. The van der Waals surface area contributed by atoms with Crippen LogP contribution in [0.2, 0.25) is 0 Å². The number of ether oxygens (including phenoxy) is 1. The van der Waals surface area contributed by atoms with Crippen molar-refractivity contribution < 1.29 is 4.74 Å². The molecule has 2 aliphatic rings. The zero-order valence-corrected chi connectivity index (χ0v) is 15.3. The standard InChI is InChI=1S/C23H26N2O/c1-26-19-6-4-5-16(11-19)21-12-18-14-25(15-22(18)21)10-9-17-13-24-23-8-3-2-7-20(17)23/h2-8,11,13,18,21-22,24H,9-10,12,14-15H2,1H3. The summed E-state index contributed by atoms with van der Waals surface area (Å²) in [5.74, 6) is 3.41. The summed E-state index contributed by atoms with van der Waals surface area (Å²) in [7, 11) is 1.75. The van der Waals surface area contributed by atoms with E-state index in [4.69, 9.17) is 4.74 Å². The number of likely N-dealkylation sites (tertiary alicyclic amines) is 1. The van der Waals surface area contributed by atoms with Gasteiger partial charge in [0.2, 0.25) is 0 Å². The number of para-hydroxylation sites is 1. The molecule has 3 unspecified atom stereocenters. The predicted octanol–water partition coefficient (Wildman–Crippen LogP) is 4.45. The molecule has 0 bridgehead atoms. The highest BCUT2D eigenvalue weighted by molar-refractivity contribution is 5.83. The zero-order chi connectivity index (χ0) is 17.5. The fourth-order valence-corrected chi connectivity index (χ4v) is 5.05. The summed E-state index contributed by atoms with van der Waals surface area (Å²) in [4.78, 5) is 6.08. The number of aromatic amines is 1. The van der Waals surface area contributed by atoms with E-state index in [1.165, 1.54) is 48.1 Å². The summed E-state index contributed by atoms with van der Waals surface area (Å²) >= 11 is 0. The topological polar surface area (TPSA) is 28.3 Å². The van der Waals surface area contributed by atoms with Crippen LogP contribution < -0.4 is 4.74 Å². The monoisotopic (exact) mass is 346 g/mol. The van der Waals surface area contributed by atoms with E-state index >= 15 is 0 Å². The minimum absolute atomic E-state index is 0.716. The summed E-state index contributed by atoms with van der Waals surface area (Å²) < 4.78 is 5.41. The maximum Gasteiger partial charge on any atom is 0.119 e. The summed E-state index contributed by atoms with van der Waals surface area (Å²) in [6.45, 7) is 3.68. The molecule has 3 heteroatoms. The van der Waals surface area contributed by atoms with Gasteiger partial charge in [0.05, 0.1) is 7.11 Å². The van der Waals surface area contributed by atoms with Crippen molar-refractivity contribution >= 4 is 10.9 Å². The molecule has 2 fully saturated rings. The first-order chi connectivity index (χ1) is 12.8. The molecule has 2 aromatic carbocycles. The summed E-state index contributed by atoms with van der Waals surface area (Å²) in [5, 5.41) is 1.38. The number of H-pyrrole nitrogens is 1. The van der Waals surface area contributed by atoms with Crippen LogP contribution >= 0.6 is 0 Å². The SMILES string of the molecule is COc1cccc(C2CC3CN(CCc4c[nH]c5ccccc45)CC32)c1. The molecule has 0 spiro atoms. The molecule has 0 radical (unpaired) electrons. The Hall–Kier alpha value is -2.26. The zero-order valence-electron chi connectivity index (χ0n) is 15.3. The number of hydrogen-bond donors (Lipinski definition) is 1. The Morgan fingerprint density at radius 1 is 1.12 bits per heavy atom. The molecule has 0 amide bonds. The number of rotatable bonds is 5. The number of nitrogens with one attached hydrogen (secondary N) is 1. The van der Waals surface area contributed by atoms with Crippen LogP contribution in [0.3, 0.4) is 0 Å². The third-order valence-electron chi connectivity index (χ3n) is 6.53. The lowest BCUT2D eigenvalue weighted by atomic mass is 9.64. The third-order valence-corrected chi connectivity index (χ3v) is 6.53. The van der Waals surface area contributed by atoms with Crippen molar-refractivity contribution in [3.8, 4) is 5.75 Å². The first-order valence-corrected chi connectivity index (χ1v) is 9.73. The largest absolute Gasteiger partial charge is 0.497 e. The van der Waals surface area contributed by atoms with E-state index < -0.39 is 0 Å². The van der Waals surface area contributed by atoms with Crippen molar-refractivity contribution in [2.45, 2.75) is 18.8 Å². The van der Waals surface area contributed by atoms with Gasteiger partial charge >= 0.3 is 0 Å². The lowest BCUT2D eigenvalue weighted by Crippen LogP contribution is -2.33. The molecule has 1 aliphatic carbocycles. The van der Waals surface area contributed by atoms with Crippen molar-refractivity contribution in [3.05, 3.63) is 65.9 Å². The molecule has 1 aliphatic heterocycles. The molecule has 1 saturated carbocycles. The Morgan fingerprint density at radius 3 is 2.96 bits per heavy atom. The van der Waals surface area contributed by atoms with Gasteiger partial charge in [0.25, 0.3) is 0 Å². The van der Waals surface area contributed by atoms with Gasteiger partial charge in [-0.15, -0.1) is 0 Å². The van der Waals surface area contributed by atoms with Crippen LogP contribution in [-0.4, -0.2) is 36.6 Å². The summed E-state index contributed by atoms with van der Waals surface area (Å²) in [6, 6.07) is 17.3. The fraction of sp³-hybridized carbons (Fsp3) is 0.391. The van der Waals surface area contributed by atoms with Crippen LogP contribution in [-0.2, 0) is 6.42 Å². The van der Waals surface area contributed by atoms with Crippen LogP contribution in [0.4, 0.5) is 0 Å². The maximum absolute atomic E-state index is 5.41. The molecule has 2 heterocycles. The highest BCUT2D eigenvalue weighted by Gasteiger charge is 2.47. The van der Waals surface area contributed by atoms with Gasteiger partial charge in [-0.05, 0) is 59.9 Å². The molecular formula is C23H26N2O. The number of fused-ring (bicyclic) bond motifs is 2. The van der Waals surface area contributed by atoms with Gasteiger partial charge < -0.3 is 14.6 Å². The number of benzene rings is 2. The van der Waals surface area contributed by atoms with Crippen molar-refractivity contribution in [2.75, 3.05) is 26.7 Å². The predicted molar refractivity (Wildman–Crippen MR) is 106 cm³/mol. The maximum atomic E-state index is 5.41. The van der Waals surface area contributed by atoms with Crippen LogP contribution in [0.5, 0.6) is 5.75 Å². The van der Waals surface area contributed by atoms with Gasteiger partial charge in [0, 0.05) is 36.7 Å². The van der Waals surface area contributed by atoms with Gasteiger partial charge in [0.1, 0.15) is 5.75 Å². The lowest BCUT2D eigenvalue weighted by Gasteiger charge is -2.40. The van der Waals surface area contributed by atoms with Crippen LogP contribution in [0.15, 0.2) is 54.7 Å². The van der Waals surface area contributed by atoms with Gasteiger partial charge in [-0.1, -0.05) is 30.3 Å². The second kappa shape index (κ2) is 6.48. The van der Waals surface area contributed by atoms with Crippen LogP contribution in [0.25, 0.3) is 10.9 Å². The van der Waals surface area contributed by atoms with Gasteiger partial charge in [-0.3, -0.25) is 0 Å². The number of methoxy groups -OCH3 is 1. The molecule has 1 aromatic heterocycles. The molecule has 26 heavy (non-hydrogen) atoms. The van der Waals surface area contributed by atoms with Crippen LogP contribution in [0, 0.1) is 11.8 Å². The van der Waals surface area contributed by atoms with Gasteiger partial charge in [-0.2, -0.15) is 0 Å². The highest BCUT2D eigenvalue weighted by atomic mass is 16.5. The van der Waals surface area contributed by atoms with Crippen molar-refractivity contribution in [3.63, 3.8) is 0 Å². The number of nitrogens with zero attached hydrogens (tertiary/aromatic N) is 1. The lowest BCUT2D eigenvalue weighted by molar-refractivity contribution is 0.190. The Kier molecular flexibility index (Phi) is 3.97. The average Bonchev–Trinajstić information content (AvgIpc) is 3.22. The average molecular weight is 346 g/mol. The number of hydrogen-bond acceptors (Lipinski definition) is 2. The van der Waals surface area contributed by atoms with E-state index in [-0.39, 0.29) is 0 Å². The van der Waals surface area contributed by atoms with Crippen molar-refractivity contribution in [1.29, 1.82) is 0 Å². The molecule has 5 rings (SSSR count). The smallest absolute Gasteiger partial charge is 0.119 e. The fourth-order valence-electron chi connectivity index (χ4n) is 5.05. The van der Waals surface area contributed by atoms with Gasteiger partial charge in [0.15, 0.2) is 0 Å². The molecule has 3 nitrogen and oxygen atoms in total. The van der Waals surface area contributed by atoms with E-state index in [9.17, 15) is 0 Å². The van der Waals surface area contributed by atoms with E-state index in [2.05, 4.69) is 58.5 Å².